The maximum Gasteiger partial charge on any atom is 0.338 e. The molecule has 0 saturated carbocycles. The highest BCUT2D eigenvalue weighted by Crippen LogP contribution is 2.33. The lowest BCUT2D eigenvalue weighted by atomic mass is 9.95. The third-order valence-corrected chi connectivity index (χ3v) is 5.92. The Bertz CT molecular complexity index is 970. The summed E-state index contributed by atoms with van der Waals surface area (Å²) in [6, 6.07) is 17.3. The number of carbonyl (C=O) groups excluding carboxylic acids is 2. The SMILES string of the molecule is C=COC1C(N=CC(C)C(C)=O)OC(COC(=O)c2ccc(-c3ccccc3)cc2)C1CC. The average molecular weight is 450 g/mol. The minimum absolute atomic E-state index is 0.0220. The standard InChI is InChI=1S/C27H31NO5/c1-5-23-24(33-26(25(23)31-6-2)28-16-18(3)19(4)29)17-32-27(30)22-14-12-21(13-15-22)20-10-8-7-9-11-20/h6-16,18,23-26H,2,5,17H2,1,3-4H3. The van der Waals surface area contributed by atoms with Crippen LogP contribution < -0.4 is 0 Å². The molecule has 1 heterocycles. The molecule has 0 aliphatic carbocycles. The molecule has 1 saturated heterocycles. The van der Waals surface area contributed by atoms with Gasteiger partial charge >= 0.3 is 5.97 Å². The van der Waals surface area contributed by atoms with Gasteiger partial charge in [0.05, 0.1) is 11.8 Å². The minimum Gasteiger partial charge on any atom is -0.493 e. The molecule has 0 N–H and O–H groups in total. The number of Topliss-reactive ketones (excluding diaryl/α,β-unsaturated/α-hetero) is 1. The Hall–Kier alpha value is -3.25. The lowest BCUT2D eigenvalue weighted by Crippen LogP contribution is -2.30. The first kappa shape index (κ1) is 24.4. The molecule has 3 rings (SSSR count). The molecule has 2 aromatic carbocycles. The summed E-state index contributed by atoms with van der Waals surface area (Å²) in [4.78, 5) is 28.6. The van der Waals surface area contributed by atoms with Gasteiger partial charge in [0.25, 0.3) is 0 Å². The van der Waals surface area contributed by atoms with Gasteiger partial charge in [0, 0.05) is 18.1 Å². The van der Waals surface area contributed by atoms with Crippen LogP contribution in [0.4, 0.5) is 0 Å². The van der Waals surface area contributed by atoms with Crippen LogP contribution in [-0.2, 0) is 19.0 Å². The van der Waals surface area contributed by atoms with Crippen molar-refractivity contribution < 1.29 is 23.8 Å². The third kappa shape index (κ3) is 6.17. The predicted octanol–water partition coefficient (Wildman–Crippen LogP) is 5.09. The van der Waals surface area contributed by atoms with Crippen molar-refractivity contribution in [3.05, 3.63) is 73.0 Å². The summed E-state index contributed by atoms with van der Waals surface area (Å²) in [5.74, 6) is -0.736. The zero-order valence-corrected chi connectivity index (χ0v) is 19.3. The number of ether oxygens (including phenoxy) is 3. The first-order chi connectivity index (χ1) is 15.9. The number of benzene rings is 2. The van der Waals surface area contributed by atoms with E-state index in [0.29, 0.717) is 5.56 Å². The van der Waals surface area contributed by atoms with Crippen molar-refractivity contribution in [2.45, 2.75) is 45.6 Å². The molecule has 6 heteroatoms. The second-order valence-electron chi connectivity index (χ2n) is 8.14. The van der Waals surface area contributed by atoms with Crippen molar-refractivity contribution in [2.24, 2.45) is 16.8 Å². The molecule has 5 unspecified atom stereocenters. The van der Waals surface area contributed by atoms with Crippen molar-refractivity contribution in [2.75, 3.05) is 6.61 Å². The van der Waals surface area contributed by atoms with Crippen LogP contribution in [0.2, 0.25) is 0 Å². The summed E-state index contributed by atoms with van der Waals surface area (Å²) in [6.45, 7) is 9.06. The Balaban J connectivity index is 1.64. The number of ketones is 1. The second-order valence-corrected chi connectivity index (χ2v) is 8.14. The molecule has 0 bridgehead atoms. The van der Waals surface area contributed by atoms with E-state index in [2.05, 4.69) is 11.6 Å². The molecule has 0 aromatic heterocycles. The first-order valence-electron chi connectivity index (χ1n) is 11.2. The smallest absolute Gasteiger partial charge is 0.338 e. The molecule has 0 amide bonds. The van der Waals surface area contributed by atoms with Crippen LogP contribution in [0.1, 0.15) is 37.6 Å². The van der Waals surface area contributed by atoms with Crippen molar-refractivity contribution >= 4 is 18.0 Å². The van der Waals surface area contributed by atoms with Gasteiger partial charge < -0.3 is 14.2 Å². The molecule has 5 atom stereocenters. The highest BCUT2D eigenvalue weighted by Gasteiger charge is 2.45. The van der Waals surface area contributed by atoms with Crippen LogP contribution in [-0.4, -0.2) is 43.0 Å². The number of esters is 1. The Kier molecular flexibility index (Phi) is 8.55. The summed E-state index contributed by atoms with van der Waals surface area (Å²) >= 11 is 0. The van der Waals surface area contributed by atoms with Gasteiger partial charge in [-0.05, 0) is 36.6 Å². The number of nitrogens with zero attached hydrogens (tertiary/aromatic N) is 1. The molecule has 1 fully saturated rings. The number of hydrogen-bond acceptors (Lipinski definition) is 6. The molecule has 33 heavy (non-hydrogen) atoms. The van der Waals surface area contributed by atoms with Gasteiger partial charge in [0.15, 0.2) is 6.23 Å². The summed E-state index contributed by atoms with van der Waals surface area (Å²) in [7, 11) is 0. The Morgan fingerprint density at radius 1 is 1.12 bits per heavy atom. The molecule has 6 nitrogen and oxygen atoms in total. The molecule has 1 aliphatic rings. The van der Waals surface area contributed by atoms with E-state index in [0.717, 1.165) is 17.5 Å². The summed E-state index contributed by atoms with van der Waals surface area (Å²) < 4.78 is 17.3. The van der Waals surface area contributed by atoms with Gasteiger partial charge in [0.1, 0.15) is 24.6 Å². The maximum absolute atomic E-state index is 12.6. The normalized spacial score (nSPS) is 23.2. The number of hydrogen-bond donors (Lipinski definition) is 0. The van der Waals surface area contributed by atoms with Gasteiger partial charge in [-0.1, -0.05) is 62.9 Å². The van der Waals surface area contributed by atoms with Crippen molar-refractivity contribution in [1.29, 1.82) is 0 Å². The molecule has 2 aromatic rings. The summed E-state index contributed by atoms with van der Waals surface area (Å²) in [5.41, 5.74) is 2.59. The molecular formula is C27H31NO5. The largest absolute Gasteiger partial charge is 0.493 e. The zero-order valence-electron chi connectivity index (χ0n) is 19.3. The van der Waals surface area contributed by atoms with Crippen molar-refractivity contribution in [3.8, 4) is 11.1 Å². The topological polar surface area (TPSA) is 74.2 Å². The van der Waals surface area contributed by atoms with E-state index in [1.807, 2.05) is 49.4 Å². The van der Waals surface area contributed by atoms with Gasteiger partial charge in [-0.2, -0.15) is 0 Å². The van der Waals surface area contributed by atoms with Gasteiger partial charge in [-0.3, -0.25) is 9.79 Å². The minimum atomic E-state index is -0.594. The van der Waals surface area contributed by atoms with Crippen LogP contribution in [0.15, 0.2) is 72.4 Å². The highest BCUT2D eigenvalue weighted by molar-refractivity contribution is 5.92. The van der Waals surface area contributed by atoms with Crippen LogP contribution in [0, 0.1) is 11.8 Å². The summed E-state index contributed by atoms with van der Waals surface area (Å²) in [5, 5.41) is 0. The number of rotatable bonds is 10. The second kappa shape index (κ2) is 11.6. The average Bonchev–Trinajstić information content (AvgIpc) is 3.17. The molecule has 0 spiro atoms. The van der Waals surface area contributed by atoms with Crippen LogP contribution in [0.25, 0.3) is 11.1 Å². The molecule has 1 aliphatic heterocycles. The Morgan fingerprint density at radius 2 is 1.79 bits per heavy atom. The monoisotopic (exact) mass is 449 g/mol. The fourth-order valence-corrected chi connectivity index (χ4v) is 3.83. The predicted molar refractivity (Wildman–Crippen MR) is 128 cm³/mol. The molecule has 174 valence electrons. The molecular weight excluding hydrogens is 418 g/mol. The molecule has 0 radical (unpaired) electrons. The van der Waals surface area contributed by atoms with E-state index in [1.165, 1.54) is 13.2 Å². The van der Waals surface area contributed by atoms with E-state index < -0.39 is 12.2 Å². The third-order valence-electron chi connectivity index (χ3n) is 5.92. The van der Waals surface area contributed by atoms with Crippen LogP contribution in [0.5, 0.6) is 0 Å². The van der Waals surface area contributed by atoms with Gasteiger partial charge in [0.2, 0.25) is 0 Å². The Morgan fingerprint density at radius 3 is 2.39 bits per heavy atom. The van der Waals surface area contributed by atoms with E-state index in [9.17, 15) is 9.59 Å². The van der Waals surface area contributed by atoms with E-state index in [4.69, 9.17) is 14.2 Å². The summed E-state index contributed by atoms with van der Waals surface area (Å²) in [6.07, 6.45) is 2.38. The maximum atomic E-state index is 12.6. The lowest BCUT2D eigenvalue weighted by molar-refractivity contribution is -0.118. The lowest BCUT2D eigenvalue weighted by Gasteiger charge is -2.21. The number of carbonyl (C=O) groups is 2. The van der Waals surface area contributed by atoms with Crippen LogP contribution in [0.3, 0.4) is 0 Å². The highest BCUT2D eigenvalue weighted by atomic mass is 16.6. The van der Waals surface area contributed by atoms with Gasteiger partial charge in [-0.15, -0.1) is 0 Å². The fourth-order valence-electron chi connectivity index (χ4n) is 3.83. The quantitative estimate of drug-likeness (QED) is 0.287. The van der Waals surface area contributed by atoms with Gasteiger partial charge in [-0.25, -0.2) is 4.79 Å². The fraction of sp³-hybridized carbons (Fsp3) is 0.370. The van der Waals surface area contributed by atoms with E-state index in [-0.39, 0.29) is 36.4 Å². The van der Waals surface area contributed by atoms with Crippen molar-refractivity contribution in [3.63, 3.8) is 0 Å². The van der Waals surface area contributed by atoms with Crippen molar-refractivity contribution in [1.82, 2.24) is 0 Å². The number of aliphatic imine (C=N–C) groups is 1. The van der Waals surface area contributed by atoms with Crippen LogP contribution >= 0.6 is 0 Å². The Labute approximate surface area is 195 Å². The first-order valence-corrected chi connectivity index (χ1v) is 11.2. The van der Waals surface area contributed by atoms with E-state index >= 15 is 0 Å². The van der Waals surface area contributed by atoms with E-state index in [1.54, 1.807) is 25.3 Å². The zero-order chi connectivity index (χ0) is 23.8.